The Labute approximate surface area is 154 Å². The van der Waals surface area contributed by atoms with Gasteiger partial charge in [0.2, 0.25) is 0 Å². The molecular formula is C20H18FN3O3. The Balaban J connectivity index is 2.13. The zero-order valence-corrected chi connectivity index (χ0v) is 14.9. The molecule has 138 valence electrons. The summed E-state index contributed by atoms with van der Waals surface area (Å²) in [6.07, 6.45) is -0.114. The van der Waals surface area contributed by atoms with Gasteiger partial charge in [-0.3, -0.25) is 19.7 Å². The highest BCUT2D eigenvalue weighted by Gasteiger charge is 2.20. The summed E-state index contributed by atoms with van der Waals surface area (Å²) in [4.78, 5) is 29.2. The predicted octanol–water partition coefficient (Wildman–Crippen LogP) is 3.16. The quantitative estimate of drug-likeness (QED) is 0.556. The van der Waals surface area contributed by atoms with Crippen molar-refractivity contribution in [2.24, 2.45) is 4.99 Å². The van der Waals surface area contributed by atoms with Gasteiger partial charge in [0.1, 0.15) is 5.82 Å². The summed E-state index contributed by atoms with van der Waals surface area (Å²) in [5.41, 5.74) is 1.89. The normalized spacial score (nSPS) is 11.4. The van der Waals surface area contributed by atoms with Gasteiger partial charge in [0.15, 0.2) is 0 Å². The van der Waals surface area contributed by atoms with Crippen molar-refractivity contribution in [1.82, 2.24) is 9.78 Å². The van der Waals surface area contributed by atoms with Crippen LogP contribution in [0, 0.1) is 5.82 Å². The topological polar surface area (TPSA) is 76.5 Å². The Bertz CT molecular complexity index is 1030. The van der Waals surface area contributed by atoms with Gasteiger partial charge < -0.3 is 4.74 Å². The van der Waals surface area contributed by atoms with Gasteiger partial charge in [-0.15, -0.1) is 0 Å². The van der Waals surface area contributed by atoms with E-state index in [9.17, 15) is 14.0 Å². The van der Waals surface area contributed by atoms with Crippen LogP contribution in [0.2, 0.25) is 0 Å². The van der Waals surface area contributed by atoms with Crippen LogP contribution in [0.4, 0.5) is 10.1 Å². The second-order valence-corrected chi connectivity index (χ2v) is 5.87. The summed E-state index contributed by atoms with van der Waals surface area (Å²) in [5, 5.41) is 2.92. The SMILES string of the molecule is COC(=O)Cc1[nH]n(-c2ccc(F)cc2)c(=O)c1C(C)=Nc1ccccc1. The number of hydrogen-bond donors (Lipinski definition) is 1. The number of hydrogen-bond acceptors (Lipinski definition) is 4. The summed E-state index contributed by atoms with van der Waals surface area (Å²) < 4.78 is 19.2. The molecule has 0 atom stereocenters. The maximum Gasteiger partial charge on any atom is 0.311 e. The third kappa shape index (κ3) is 4.03. The number of ether oxygens (including phenoxy) is 1. The molecule has 1 N–H and O–H groups in total. The number of aliphatic imine (C=N–C) groups is 1. The van der Waals surface area contributed by atoms with E-state index in [1.807, 2.05) is 30.3 Å². The first-order valence-corrected chi connectivity index (χ1v) is 8.27. The van der Waals surface area contributed by atoms with Crippen LogP contribution >= 0.6 is 0 Å². The minimum Gasteiger partial charge on any atom is -0.469 e. The molecule has 0 saturated heterocycles. The van der Waals surface area contributed by atoms with Gasteiger partial charge in [-0.1, -0.05) is 18.2 Å². The van der Waals surface area contributed by atoms with Gasteiger partial charge >= 0.3 is 5.97 Å². The molecule has 3 rings (SSSR count). The van der Waals surface area contributed by atoms with Crippen LogP contribution in [0.15, 0.2) is 64.4 Å². The molecule has 0 aliphatic heterocycles. The van der Waals surface area contributed by atoms with Crippen molar-refractivity contribution >= 4 is 17.4 Å². The summed E-state index contributed by atoms with van der Waals surface area (Å²) >= 11 is 0. The average Bonchev–Trinajstić information content (AvgIpc) is 2.99. The van der Waals surface area contributed by atoms with E-state index in [2.05, 4.69) is 10.1 Å². The molecule has 7 heteroatoms. The first-order valence-electron chi connectivity index (χ1n) is 8.27. The molecule has 1 heterocycles. The zero-order valence-electron chi connectivity index (χ0n) is 14.9. The molecule has 6 nitrogen and oxygen atoms in total. The molecule has 0 spiro atoms. The standard InChI is InChI=1S/C20H18FN3O3/c1-13(22-15-6-4-3-5-7-15)19-17(12-18(25)27-2)23-24(20(19)26)16-10-8-14(21)9-11-16/h3-11,23H,12H2,1-2H3. The highest BCUT2D eigenvalue weighted by Crippen LogP contribution is 2.15. The number of halogens is 1. The lowest BCUT2D eigenvalue weighted by Crippen LogP contribution is -2.20. The number of benzene rings is 2. The number of nitrogens with one attached hydrogen (secondary N) is 1. The lowest BCUT2D eigenvalue weighted by atomic mass is 10.1. The van der Waals surface area contributed by atoms with Gasteiger partial charge in [-0.05, 0) is 43.3 Å². The Kier molecular flexibility index (Phi) is 5.30. The summed E-state index contributed by atoms with van der Waals surface area (Å²) in [6, 6.07) is 14.6. The molecule has 1 aromatic heterocycles. The highest BCUT2D eigenvalue weighted by molar-refractivity contribution is 6.01. The van der Waals surface area contributed by atoms with Gasteiger partial charge in [0.25, 0.3) is 5.56 Å². The van der Waals surface area contributed by atoms with Gasteiger partial charge in [-0.25, -0.2) is 9.07 Å². The minimum absolute atomic E-state index is 0.114. The van der Waals surface area contributed by atoms with Crippen LogP contribution in [0.25, 0.3) is 5.69 Å². The fourth-order valence-electron chi connectivity index (χ4n) is 2.72. The van der Waals surface area contributed by atoms with Gasteiger partial charge in [0.05, 0.1) is 41.9 Å². The van der Waals surface area contributed by atoms with E-state index in [4.69, 9.17) is 4.74 Å². The van der Waals surface area contributed by atoms with Crippen LogP contribution in [0.5, 0.6) is 0 Å². The van der Waals surface area contributed by atoms with E-state index in [0.29, 0.717) is 22.8 Å². The number of carbonyl (C=O) groups is 1. The van der Waals surface area contributed by atoms with Crippen molar-refractivity contribution in [3.05, 3.63) is 82.0 Å². The van der Waals surface area contributed by atoms with Crippen LogP contribution in [0.3, 0.4) is 0 Å². The molecule has 27 heavy (non-hydrogen) atoms. The molecule has 0 aliphatic rings. The highest BCUT2D eigenvalue weighted by atomic mass is 19.1. The largest absolute Gasteiger partial charge is 0.469 e. The van der Waals surface area contributed by atoms with Crippen LogP contribution in [-0.4, -0.2) is 28.6 Å². The Morgan fingerprint density at radius 3 is 2.44 bits per heavy atom. The van der Waals surface area contributed by atoms with Gasteiger partial charge in [0, 0.05) is 0 Å². The number of para-hydroxylation sites is 1. The number of aromatic nitrogens is 2. The molecular weight excluding hydrogens is 349 g/mol. The number of rotatable bonds is 5. The van der Waals surface area contributed by atoms with Crippen molar-refractivity contribution in [1.29, 1.82) is 0 Å². The van der Waals surface area contributed by atoms with Crippen LogP contribution in [-0.2, 0) is 16.0 Å². The number of carbonyl (C=O) groups excluding carboxylic acids is 1. The van der Waals surface area contributed by atoms with E-state index >= 15 is 0 Å². The molecule has 0 radical (unpaired) electrons. The van der Waals surface area contributed by atoms with Crippen LogP contribution < -0.4 is 5.56 Å². The molecule has 0 saturated carbocycles. The van der Waals surface area contributed by atoms with Crippen molar-refractivity contribution in [2.75, 3.05) is 7.11 Å². The van der Waals surface area contributed by atoms with E-state index in [1.165, 1.54) is 36.1 Å². The summed E-state index contributed by atoms with van der Waals surface area (Å²) in [5.74, 6) is -0.897. The smallest absolute Gasteiger partial charge is 0.311 e. The second-order valence-electron chi connectivity index (χ2n) is 5.87. The second kappa shape index (κ2) is 7.82. The van der Waals surface area contributed by atoms with Crippen molar-refractivity contribution < 1.29 is 13.9 Å². The van der Waals surface area contributed by atoms with E-state index in [0.717, 1.165) is 0 Å². The van der Waals surface area contributed by atoms with Gasteiger partial charge in [-0.2, -0.15) is 0 Å². The molecule has 0 aliphatic carbocycles. The third-order valence-electron chi connectivity index (χ3n) is 4.01. The van der Waals surface area contributed by atoms with E-state index in [-0.39, 0.29) is 17.5 Å². The minimum atomic E-state index is -0.490. The Hall–Kier alpha value is -3.48. The monoisotopic (exact) mass is 367 g/mol. The lowest BCUT2D eigenvalue weighted by molar-refractivity contribution is -0.139. The van der Waals surface area contributed by atoms with Crippen molar-refractivity contribution in [3.8, 4) is 5.69 Å². The summed E-state index contributed by atoms with van der Waals surface area (Å²) in [6.45, 7) is 1.70. The Morgan fingerprint density at radius 2 is 1.81 bits per heavy atom. The zero-order chi connectivity index (χ0) is 19.4. The maximum atomic E-state index is 13.2. The molecule has 0 unspecified atom stereocenters. The third-order valence-corrected chi connectivity index (χ3v) is 4.01. The van der Waals surface area contributed by atoms with Crippen LogP contribution in [0.1, 0.15) is 18.2 Å². The number of aromatic amines is 1. The molecule has 2 aromatic carbocycles. The molecule has 0 fully saturated rings. The fraction of sp³-hybridized carbons (Fsp3) is 0.150. The first-order chi connectivity index (χ1) is 13.0. The maximum absolute atomic E-state index is 13.2. The van der Waals surface area contributed by atoms with Crippen molar-refractivity contribution in [3.63, 3.8) is 0 Å². The molecule has 0 amide bonds. The fourth-order valence-corrected chi connectivity index (χ4v) is 2.72. The lowest BCUT2D eigenvalue weighted by Gasteiger charge is -2.02. The Morgan fingerprint density at radius 1 is 1.15 bits per heavy atom. The first kappa shape index (κ1) is 18.3. The predicted molar refractivity (Wildman–Crippen MR) is 100 cm³/mol. The molecule has 0 bridgehead atoms. The summed E-state index contributed by atoms with van der Waals surface area (Å²) in [7, 11) is 1.28. The average molecular weight is 367 g/mol. The van der Waals surface area contributed by atoms with Crippen molar-refractivity contribution in [2.45, 2.75) is 13.3 Å². The number of esters is 1. The molecule has 3 aromatic rings. The number of nitrogens with zero attached hydrogens (tertiary/aromatic N) is 2. The number of methoxy groups -OCH3 is 1. The van der Waals surface area contributed by atoms with E-state index in [1.54, 1.807) is 6.92 Å². The number of H-pyrrole nitrogens is 1. The van der Waals surface area contributed by atoms with E-state index < -0.39 is 11.8 Å².